The highest BCUT2D eigenvalue weighted by atomic mass is 14.2. The summed E-state index contributed by atoms with van der Waals surface area (Å²) in [5.41, 5.74) is 0. The van der Waals surface area contributed by atoms with Crippen LogP contribution in [-0.2, 0) is 0 Å². The van der Waals surface area contributed by atoms with E-state index in [0.717, 1.165) is 17.8 Å². The first-order valence-corrected chi connectivity index (χ1v) is 8.63. The van der Waals surface area contributed by atoms with Crippen molar-refractivity contribution in [3.63, 3.8) is 0 Å². The Hall–Kier alpha value is 0. The standard InChI is InChI=1S/C18H38/c1-6-8-10-11-12-13-15-18(14-9-7-2)17(5)16(3)4/h16-18H,6-15H2,1-5H3. The van der Waals surface area contributed by atoms with Crippen molar-refractivity contribution in [1.29, 1.82) is 0 Å². The van der Waals surface area contributed by atoms with Gasteiger partial charge in [0.15, 0.2) is 0 Å². The van der Waals surface area contributed by atoms with Gasteiger partial charge in [0.1, 0.15) is 0 Å². The molecule has 2 unspecified atom stereocenters. The van der Waals surface area contributed by atoms with Crippen LogP contribution < -0.4 is 0 Å². The van der Waals surface area contributed by atoms with E-state index in [1.807, 2.05) is 0 Å². The molecule has 0 spiro atoms. The zero-order chi connectivity index (χ0) is 13.8. The zero-order valence-corrected chi connectivity index (χ0v) is 13.8. The molecule has 0 nitrogen and oxygen atoms in total. The Kier molecular flexibility index (Phi) is 12.1. The highest BCUT2D eigenvalue weighted by Crippen LogP contribution is 2.29. The van der Waals surface area contributed by atoms with Gasteiger partial charge in [-0.25, -0.2) is 0 Å². The summed E-state index contributed by atoms with van der Waals surface area (Å²) in [7, 11) is 0. The lowest BCUT2D eigenvalue weighted by Gasteiger charge is -2.27. The monoisotopic (exact) mass is 254 g/mol. The fourth-order valence-electron chi connectivity index (χ4n) is 2.87. The summed E-state index contributed by atoms with van der Waals surface area (Å²) >= 11 is 0. The van der Waals surface area contributed by atoms with Gasteiger partial charge < -0.3 is 0 Å². The first-order chi connectivity index (χ1) is 8.63. The van der Waals surface area contributed by atoms with E-state index < -0.39 is 0 Å². The molecule has 0 aliphatic rings. The van der Waals surface area contributed by atoms with Crippen molar-refractivity contribution in [2.24, 2.45) is 17.8 Å². The Balaban J connectivity index is 3.79. The Morgan fingerprint density at radius 2 is 1.11 bits per heavy atom. The average Bonchev–Trinajstić information content (AvgIpc) is 2.36. The van der Waals surface area contributed by atoms with Crippen LogP contribution in [0.25, 0.3) is 0 Å². The van der Waals surface area contributed by atoms with Gasteiger partial charge in [0.2, 0.25) is 0 Å². The Bertz CT molecular complexity index is 159. The molecule has 0 rings (SSSR count). The fraction of sp³-hybridized carbons (Fsp3) is 1.00. The van der Waals surface area contributed by atoms with Crippen LogP contribution in [0.3, 0.4) is 0 Å². The summed E-state index contributed by atoms with van der Waals surface area (Å²) in [5.74, 6) is 2.75. The van der Waals surface area contributed by atoms with Gasteiger partial charge >= 0.3 is 0 Å². The van der Waals surface area contributed by atoms with Crippen molar-refractivity contribution < 1.29 is 0 Å². The molecule has 0 aromatic heterocycles. The second-order valence-electron chi connectivity index (χ2n) is 6.56. The van der Waals surface area contributed by atoms with Gasteiger partial charge in [-0.05, 0) is 17.8 Å². The van der Waals surface area contributed by atoms with Crippen LogP contribution in [0, 0.1) is 17.8 Å². The lowest BCUT2D eigenvalue weighted by Crippen LogP contribution is -2.17. The van der Waals surface area contributed by atoms with Crippen LogP contribution >= 0.6 is 0 Å². The molecule has 0 heteroatoms. The van der Waals surface area contributed by atoms with Crippen molar-refractivity contribution in [3.8, 4) is 0 Å². The van der Waals surface area contributed by atoms with Crippen LogP contribution in [0.2, 0.25) is 0 Å². The molecule has 0 heterocycles. The van der Waals surface area contributed by atoms with E-state index in [0.29, 0.717) is 0 Å². The number of hydrogen-bond acceptors (Lipinski definition) is 0. The molecular formula is C18H38. The lowest BCUT2D eigenvalue weighted by atomic mass is 9.79. The minimum Gasteiger partial charge on any atom is -0.0654 e. The Morgan fingerprint density at radius 3 is 1.67 bits per heavy atom. The van der Waals surface area contributed by atoms with Crippen LogP contribution in [-0.4, -0.2) is 0 Å². The van der Waals surface area contributed by atoms with E-state index in [4.69, 9.17) is 0 Å². The van der Waals surface area contributed by atoms with Crippen molar-refractivity contribution >= 4 is 0 Å². The van der Waals surface area contributed by atoms with Crippen molar-refractivity contribution in [2.75, 3.05) is 0 Å². The van der Waals surface area contributed by atoms with E-state index in [9.17, 15) is 0 Å². The summed E-state index contributed by atoms with van der Waals surface area (Å²) in [5, 5.41) is 0. The van der Waals surface area contributed by atoms with Gasteiger partial charge in [-0.3, -0.25) is 0 Å². The van der Waals surface area contributed by atoms with Crippen molar-refractivity contribution in [1.82, 2.24) is 0 Å². The molecule has 0 saturated heterocycles. The number of rotatable bonds is 12. The zero-order valence-electron chi connectivity index (χ0n) is 13.8. The minimum atomic E-state index is 0.854. The summed E-state index contributed by atoms with van der Waals surface area (Å²) < 4.78 is 0. The third-order valence-electron chi connectivity index (χ3n) is 4.65. The molecule has 0 radical (unpaired) electrons. The van der Waals surface area contributed by atoms with Crippen LogP contribution in [0.4, 0.5) is 0 Å². The Morgan fingerprint density at radius 1 is 0.611 bits per heavy atom. The molecule has 0 fully saturated rings. The molecule has 0 saturated carbocycles. The third-order valence-corrected chi connectivity index (χ3v) is 4.65. The van der Waals surface area contributed by atoms with E-state index in [2.05, 4.69) is 34.6 Å². The number of unbranched alkanes of at least 4 members (excludes halogenated alkanes) is 6. The van der Waals surface area contributed by atoms with Crippen molar-refractivity contribution in [3.05, 3.63) is 0 Å². The maximum atomic E-state index is 2.47. The predicted octanol–water partition coefficient (Wildman–Crippen LogP) is 6.84. The molecule has 110 valence electrons. The SMILES string of the molecule is CCCCCCCCC(CCCC)C(C)C(C)C. The highest BCUT2D eigenvalue weighted by molar-refractivity contribution is 4.69. The third kappa shape index (κ3) is 9.00. The normalized spacial score (nSPS) is 15.0. The van der Waals surface area contributed by atoms with Gasteiger partial charge in [0.05, 0.1) is 0 Å². The minimum absolute atomic E-state index is 0.854. The van der Waals surface area contributed by atoms with Gasteiger partial charge in [0.25, 0.3) is 0 Å². The topological polar surface area (TPSA) is 0 Å². The lowest BCUT2D eigenvalue weighted by molar-refractivity contribution is 0.237. The molecule has 0 bridgehead atoms. The van der Waals surface area contributed by atoms with Gasteiger partial charge in [0, 0.05) is 0 Å². The molecule has 0 aliphatic carbocycles. The van der Waals surface area contributed by atoms with Crippen LogP contribution in [0.5, 0.6) is 0 Å². The second kappa shape index (κ2) is 12.1. The predicted molar refractivity (Wildman–Crippen MR) is 85.0 cm³/mol. The first-order valence-electron chi connectivity index (χ1n) is 8.63. The maximum Gasteiger partial charge on any atom is -0.0386 e. The molecule has 0 aromatic rings. The Labute approximate surface area is 117 Å². The van der Waals surface area contributed by atoms with E-state index in [1.54, 1.807) is 0 Å². The second-order valence-corrected chi connectivity index (χ2v) is 6.56. The molecule has 0 aromatic carbocycles. The quantitative estimate of drug-likeness (QED) is 0.335. The van der Waals surface area contributed by atoms with E-state index >= 15 is 0 Å². The first kappa shape index (κ1) is 18.0. The molecule has 2 atom stereocenters. The summed E-state index contributed by atoms with van der Waals surface area (Å²) in [6, 6.07) is 0. The van der Waals surface area contributed by atoms with Gasteiger partial charge in [-0.15, -0.1) is 0 Å². The molecule has 0 N–H and O–H groups in total. The summed E-state index contributed by atoms with van der Waals surface area (Å²) in [6.07, 6.45) is 14.4. The average molecular weight is 255 g/mol. The van der Waals surface area contributed by atoms with E-state index in [-0.39, 0.29) is 0 Å². The van der Waals surface area contributed by atoms with E-state index in [1.165, 1.54) is 64.2 Å². The molecule has 18 heavy (non-hydrogen) atoms. The van der Waals surface area contributed by atoms with Crippen LogP contribution in [0.15, 0.2) is 0 Å². The summed E-state index contributed by atoms with van der Waals surface area (Å²) in [4.78, 5) is 0. The molecule has 0 aliphatic heterocycles. The smallest absolute Gasteiger partial charge is 0.0386 e. The number of hydrogen-bond donors (Lipinski definition) is 0. The highest BCUT2D eigenvalue weighted by Gasteiger charge is 2.19. The van der Waals surface area contributed by atoms with Gasteiger partial charge in [-0.2, -0.15) is 0 Å². The van der Waals surface area contributed by atoms with Crippen LogP contribution in [0.1, 0.15) is 98.8 Å². The fourth-order valence-corrected chi connectivity index (χ4v) is 2.87. The molecular weight excluding hydrogens is 216 g/mol. The largest absolute Gasteiger partial charge is 0.0654 e. The molecule has 0 amide bonds. The maximum absolute atomic E-state index is 2.47. The van der Waals surface area contributed by atoms with Gasteiger partial charge in [-0.1, -0.05) is 98.8 Å². The van der Waals surface area contributed by atoms with Crippen molar-refractivity contribution in [2.45, 2.75) is 98.8 Å². The summed E-state index contributed by atoms with van der Waals surface area (Å²) in [6.45, 7) is 11.9.